The van der Waals surface area contributed by atoms with E-state index in [-0.39, 0.29) is 0 Å². The van der Waals surface area contributed by atoms with E-state index in [0.29, 0.717) is 0 Å². The van der Waals surface area contributed by atoms with Crippen LogP contribution in [-0.2, 0) is 9.47 Å². The topological polar surface area (TPSA) is 76.7 Å². The fourth-order valence-corrected chi connectivity index (χ4v) is 1.25. The third-order valence-electron chi connectivity index (χ3n) is 2.26. The van der Waals surface area contributed by atoms with Gasteiger partial charge in [-0.3, -0.25) is 10.6 Å². The monoisotopic (exact) mass is 276 g/mol. The van der Waals surface area contributed by atoms with Crippen LogP contribution in [-0.4, -0.2) is 26.4 Å². The van der Waals surface area contributed by atoms with Crippen LogP contribution in [0.1, 0.15) is 11.1 Å². The lowest BCUT2D eigenvalue weighted by Crippen LogP contribution is -2.15. The molecule has 0 radical (unpaired) electrons. The molecule has 2 N–H and O–H groups in total. The molecule has 0 spiro atoms. The van der Waals surface area contributed by atoms with Gasteiger partial charge < -0.3 is 9.47 Å². The highest BCUT2D eigenvalue weighted by atomic mass is 16.5. The van der Waals surface area contributed by atoms with Crippen LogP contribution >= 0.6 is 0 Å². The molecule has 6 nitrogen and oxygen atoms in total. The highest BCUT2D eigenvalue weighted by molar-refractivity contribution is 5.70. The van der Waals surface area contributed by atoms with Crippen molar-refractivity contribution in [3.8, 4) is 0 Å². The van der Waals surface area contributed by atoms with Crippen LogP contribution < -0.4 is 10.6 Å². The third-order valence-corrected chi connectivity index (χ3v) is 2.26. The predicted octanol–water partition coefficient (Wildman–Crippen LogP) is 2.34. The van der Waals surface area contributed by atoms with Crippen LogP contribution in [0.15, 0.2) is 36.7 Å². The van der Waals surface area contributed by atoms with Crippen molar-refractivity contribution in [2.24, 2.45) is 0 Å². The van der Waals surface area contributed by atoms with Crippen LogP contribution in [0, 0.1) is 0 Å². The maximum Gasteiger partial charge on any atom is 0.410 e. The first-order valence-corrected chi connectivity index (χ1v) is 5.78. The number of methoxy groups -OCH3 is 2. The van der Waals surface area contributed by atoms with E-state index < -0.39 is 12.2 Å². The molecular weight excluding hydrogens is 260 g/mol. The van der Waals surface area contributed by atoms with Crippen molar-refractivity contribution in [2.45, 2.75) is 0 Å². The fraction of sp³-hybridized carbons (Fsp3) is 0.143. The first-order valence-electron chi connectivity index (χ1n) is 5.78. The number of carbonyl (C=O) groups excluding carboxylic acids is 2. The van der Waals surface area contributed by atoms with E-state index in [4.69, 9.17) is 0 Å². The molecule has 20 heavy (non-hydrogen) atoms. The van der Waals surface area contributed by atoms with Crippen molar-refractivity contribution >= 4 is 24.3 Å². The van der Waals surface area contributed by atoms with Gasteiger partial charge in [-0.25, -0.2) is 9.59 Å². The van der Waals surface area contributed by atoms with E-state index in [2.05, 4.69) is 20.1 Å². The Kier molecular flexibility index (Phi) is 6.40. The molecule has 0 saturated carbocycles. The summed E-state index contributed by atoms with van der Waals surface area (Å²) in [6.45, 7) is 0. The highest BCUT2D eigenvalue weighted by Gasteiger charge is 1.93. The average Bonchev–Trinajstić information content (AvgIpc) is 2.48. The summed E-state index contributed by atoms with van der Waals surface area (Å²) in [5.74, 6) is 0. The van der Waals surface area contributed by atoms with E-state index in [1.54, 1.807) is 12.2 Å². The Morgan fingerprint density at radius 2 is 1.20 bits per heavy atom. The number of rotatable bonds is 4. The minimum absolute atomic E-state index is 0.519. The van der Waals surface area contributed by atoms with Crippen LogP contribution in [0.5, 0.6) is 0 Å². The lowest BCUT2D eigenvalue weighted by molar-refractivity contribution is 0.174. The number of benzene rings is 1. The van der Waals surface area contributed by atoms with Gasteiger partial charge in [-0.1, -0.05) is 24.3 Å². The molecule has 1 aromatic rings. The second-order valence-electron chi connectivity index (χ2n) is 3.61. The number of ether oxygens (including phenoxy) is 2. The quantitative estimate of drug-likeness (QED) is 0.885. The summed E-state index contributed by atoms with van der Waals surface area (Å²) in [6.07, 6.45) is 5.42. The molecule has 0 heterocycles. The van der Waals surface area contributed by atoms with Gasteiger partial charge in [0, 0.05) is 12.4 Å². The molecule has 106 valence electrons. The predicted molar refractivity (Wildman–Crippen MR) is 75.6 cm³/mol. The van der Waals surface area contributed by atoms with E-state index >= 15 is 0 Å². The molecule has 1 rings (SSSR count). The van der Waals surface area contributed by atoms with Gasteiger partial charge in [0.15, 0.2) is 0 Å². The van der Waals surface area contributed by atoms with Crippen molar-refractivity contribution in [3.63, 3.8) is 0 Å². The lowest BCUT2D eigenvalue weighted by Gasteiger charge is -1.98. The number of carbonyl (C=O) groups is 2. The number of hydrogen-bond acceptors (Lipinski definition) is 4. The largest absolute Gasteiger partial charge is 0.453 e. The zero-order valence-corrected chi connectivity index (χ0v) is 11.3. The van der Waals surface area contributed by atoms with Crippen molar-refractivity contribution in [3.05, 3.63) is 47.8 Å². The fourth-order valence-electron chi connectivity index (χ4n) is 1.25. The third kappa shape index (κ3) is 5.72. The molecule has 0 aliphatic carbocycles. The Balaban J connectivity index is 2.51. The molecule has 0 fully saturated rings. The van der Waals surface area contributed by atoms with Crippen molar-refractivity contribution in [1.82, 2.24) is 10.6 Å². The molecule has 0 unspecified atom stereocenters. The molecule has 2 amide bonds. The van der Waals surface area contributed by atoms with E-state index in [0.717, 1.165) is 11.1 Å². The van der Waals surface area contributed by atoms with Crippen LogP contribution in [0.4, 0.5) is 9.59 Å². The Hall–Kier alpha value is -2.76. The maximum absolute atomic E-state index is 10.8. The van der Waals surface area contributed by atoms with E-state index in [1.165, 1.54) is 26.6 Å². The van der Waals surface area contributed by atoms with Crippen molar-refractivity contribution in [2.75, 3.05) is 14.2 Å². The second-order valence-corrected chi connectivity index (χ2v) is 3.61. The second kappa shape index (κ2) is 8.36. The van der Waals surface area contributed by atoms with Crippen LogP contribution in [0.2, 0.25) is 0 Å². The Morgan fingerprint density at radius 3 is 1.50 bits per heavy atom. The standard InChI is InChI=1S/C14H16N2O4/c1-19-13(17)15-9-7-11-3-5-12(6-4-11)8-10-16-14(18)20-2/h3-10H,1-2H3,(H,15,17)(H,16,18)/b9-7-,10-8+. The molecule has 0 atom stereocenters. The van der Waals surface area contributed by atoms with Gasteiger partial charge in [-0.2, -0.15) is 0 Å². The lowest BCUT2D eigenvalue weighted by atomic mass is 10.1. The first-order chi connectivity index (χ1) is 9.65. The summed E-state index contributed by atoms with van der Waals surface area (Å²) in [4.78, 5) is 21.6. The minimum atomic E-state index is -0.519. The Labute approximate surface area is 117 Å². The number of nitrogens with one attached hydrogen (secondary N) is 2. The molecular formula is C14H16N2O4. The summed E-state index contributed by atoms with van der Waals surface area (Å²) >= 11 is 0. The number of alkyl carbamates (subject to hydrolysis) is 2. The zero-order chi connectivity index (χ0) is 14.8. The molecule has 0 aromatic heterocycles. The summed E-state index contributed by atoms with van der Waals surface area (Å²) in [6, 6.07) is 7.47. The van der Waals surface area contributed by atoms with Gasteiger partial charge in [0.1, 0.15) is 0 Å². The Bertz CT molecular complexity index is 459. The summed E-state index contributed by atoms with van der Waals surface area (Å²) in [5, 5.41) is 4.86. The molecule has 0 saturated heterocycles. The molecule has 1 aromatic carbocycles. The van der Waals surface area contributed by atoms with Gasteiger partial charge in [0.05, 0.1) is 14.2 Å². The highest BCUT2D eigenvalue weighted by Crippen LogP contribution is 2.07. The van der Waals surface area contributed by atoms with Crippen LogP contribution in [0.25, 0.3) is 12.2 Å². The van der Waals surface area contributed by atoms with E-state index in [9.17, 15) is 9.59 Å². The first kappa shape index (κ1) is 15.3. The summed E-state index contributed by atoms with van der Waals surface area (Å²) in [7, 11) is 2.60. The van der Waals surface area contributed by atoms with Gasteiger partial charge in [-0.05, 0) is 23.3 Å². The molecule has 6 heteroatoms. The van der Waals surface area contributed by atoms with Gasteiger partial charge in [0.25, 0.3) is 0 Å². The van der Waals surface area contributed by atoms with Gasteiger partial charge in [-0.15, -0.1) is 0 Å². The molecule has 0 aliphatic rings. The Morgan fingerprint density at radius 1 is 0.850 bits per heavy atom. The number of amides is 2. The summed E-state index contributed by atoms with van der Waals surface area (Å²) < 4.78 is 8.85. The van der Waals surface area contributed by atoms with Crippen molar-refractivity contribution < 1.29 is 19.1 Å². The van der Waals surface area contributed by atoms with Crippen LogP contribution in [0.3, 0.4) is 0 Å². The SMILES string of the molecule is COC(=O)N/C=C\c1ccc(/C=C/NC(=O)OC)cc1. The number of hydrogen-bond donors (Lipinski definition) is 2. The van der Waals surface area contributed by atoms with Gasteiger partial charge >= 0.3 is 12.2 Å². The van der Waals surface area contributed by atoms with Crippen molar-refractivity contribution in [1.29, 1.82) is 0 Å². The average molecular weight is 276 g/mol. The normalized spacial score (nSPS) is 10.5. The molecule has 0 bridgehead atoms. The molecule has 0 aliphatic heterocycles. The minimum Gasteiger partial charge on any atom is -0.453 e. The van der Waals surface area contributed by atoms with E-state index in [1.807, 2.05) is 24.3 Å². The maximum atomic E-state index is 10.8. The summed E-state index contributed by atoms with van der Waals surface area (Å²) in [5.41, 5.74) is 1.83. The smallest absolute Gasteiger partial charge is 0.410 e. The zero-order valence-electron chi connectivity index (χ0n) is 11.3. The van der Waals surface area contributed by atoms with Gasteiger partial charge in [0.2, 0.25) is 0 Å².